The number of carbonyl (C=O) groups is 1. The molecule has 3 heteroatoms. The lowest BCUT2D eigenvalue weighted by atomic mass is 10.1. The first-order chi connectivity index (χ1) is 11.2. The van der Waals surface area contributed by atoms with E-state index in [2.05, 4.69) is 17.6 Å². The molecule has 3 nitrogen and oxygen atoms in total. The fourth-order valence-electron chi connectivity index (χ4n) is 2.38. The van der Waals surface area contributed by atoms with Crippen LogP contribution in [0.1, 0.15) is 37.3 Å². The van der Waals surface area contributed by atoms with Crippen molar-refractivity contribution in [1.29, 1.82) is 0 Å². The number of anilines is 2. The third-order valence-electron chi connectivity index (χ3n) is 3.76. The van der Waals surface area contributed by atoms with Crippen LogP contribution in [0.4, 0.5) is 11.4 Å². The first kappa shape index (κ1) is 17.1. The molecule has 0 saturated heterocycles. The highest BCUT2D eigenvalue weighted by molar-refractivity contribution is 5.92. The number of unbranched alkanes of at least 4 members (excludes halogenated alkanes) is 2. The van der Waals surface area contributed by atoms with Crippen LogP contribution in [-0.4, -0.2) is 12.5 Å². The van der Waals surface area contributed by atoms with Crippen molar-refractivity contribution in [3.63, 3.8) is 0 Å². The molecule has 1 amide bonds. The normalized spacial score (nSPS) is 10.3. The monoisotopic (exact) mass is 310 g/mol. The van der Waals surface area contributed by atoms with Crippen molar-refractivity contribution in [3.8, 4) is 0 Å². The molecule has 0 aliphatic heterocycles. The smallest absolute Gasteiger partial charge is 0.228 e. The lowest BCUT2D eigenvalue weighted by molar-refractivity contribution is -0.115. The second-order valence-electron chi connectivity index (χ2n) is 5.92. The van der Waals surface area contributed by atoms with E-state index >= 15 is 0 Å². The van der Waals surface area contributed by atoms with Gasteiger partial charge in [0, 0.05) is 17.9 Å². The van der Waals surface area contributed by atoms with E-state index in [1.54, 1.807) is 0 Å². The summed E-state index contributed by atoms with van der Waals surface area (Å²) in [6.07, 6.45) is 4.07. The number of aryl methyl sites for hydroxylation is 1. The first-order valence-electron chi connectivity index (χ1n) is 8.36. The van der Waals surface area contributed by atoms with E-state index in [1.165, 1.54) is 24.8 Å². The lowest BCUT2D eigenvalue weighted by Gasteiger charge is -2.09. The van der Waals surface area contributed by atoms with Gasteiger partial charge >= 0.3 is 0 Å². The average molecular weight is 310 g/mol. The van der Waals surface area contributed by atoms with Gasteiger partial charge in [-0.1, -0.05) is 49.6 Å². The highest BCUT2D eigenvalue weighted by atomic mass is 16.1. The van der Waals surface area contributed by atoms with Crippen molar-refractivity contribution in [2.75, 3.05) is 17.2 Å². The van der Waals surface area contributed by atoms with Crippen molar-refractivity contribution < 1.29 is 4.79 Å². The molecule has 2 rings (SSSR count). The molecule has 0 aromatic heterocycles. The van der Waals surface area contributed by atoms with E-state index in [9.17, 15) is 4.79 Å². The van der Waals surface area contributed by atoms with Crippen LogP contribution in [0.3, 0.4) is 0 Å². The third kappa shape index (κ3) is 6.15. The highest BCUT2D eigenvalue weighted by Crippen LogP contribution is 2.14. The largest absolute Gasteiger partial charge is 0.385 e. The van der Waals surface area contributed by atoms with Gasteiger partial charge in [-0.15, -0.1) is 0 Å². The maximum Gasteiger partial charge on any atom is 0.228 e. The molecule has 0 radical (unpaired) electrons. The minimum atomic E-state index is 0.0116. The van der Waals surface area contributed by atoms with E-state index in [1.807, 2.05) is 55.5 Å². The van der Waals surface area contributed by atoms with Crippen LogP contribution in [-0.2, 0) is 11.2 Å². The summed E-state index contributed by atoms with van der Waals surface area (Å²) < 4.78 is 0. The molecule has 0 spiro atoms. The minimum Gasteiger partial charge on any atom is -0.385 e. The topological polar surface area (TPSA) is 41.1 Å². The molecule has 2 N–H and O–H groups in total. The summed E-state index contributed by atoms with van der Waals surface area (Å²) in [4.78, 5) is 12.1. The zero-order valence-corrected chi connectivity index (χ0v) is 14.1. The van der Waals surface area contributed by atoms with Crippen LogP contribution >= 0.6 is 0 Å². The van der Waals surface area contributed by atoms with Crippen LogP contribution < -0.4 is 10.6 Å². The number of amides is 1. The van der Waals surface area contributed by atoms with E-state index in [0.717, 1.165) is 23.5 Å². The summed E-state index contributed by atoms with van der Waals surface area (Å²) in [5, 5.41) is 6.33. The summed E-state index contributed by atoms with van der Waals surface area (Å²) in [6.45, 7) is 5.24. The van der Waals surface area contributed by atoms with Gasteiger partial charge in [0.15, 0.2) is 0 Å². The van der Waals surface area contributed by atoms with E-state index in [0.29, 0.717) is 6.42 Å². The van der Waals surface area contributed by atoms with Gasteiger partial charge in [0.1, 0.15) is 0 Å². The Bertz CT molecular complexity index is 603. The van der Waals surface area contributed by atoms with Crippen molar-refractivity contribution in [3.05, 3.63) is 59.7 Å². The predicted octanol–water partition coefficient (Wildman–Crippen LogP) is 4.78. The Labute approximate surface area is 139 Å². The quantitative estimate of drug-likeness (QED) is 0.689. The van der Waals surface area contributed by atoms with Crippen LogP contribution in [0.5, 0.6) is 0 Å². The molecule has 0 bridgehead atoms. The molecule has 0 aliphatic rings. The van der Waals surface area contributed by atoms with Crippen molar-refractivity contribution >= 4 is 17.3 Å². The Balaban J connectivity index is 1.80. The molecule has 0 fully saturated rings. The number of benzene rings is 2. The maximum atomic E-state index is 12.1. The van der Waals surface area contributed by atoms with E-state index < -0.39 is 0 Å². The fourth-order valence-corrected chi connectivity index (χ4v) is 2.38. The summed E-state index contributed by atoms with van der Waals surface area (Å²) >= 11 is 0. The van der Waals surface area contributed by atoms with Gasteiger partial charge in [-0.05, 0) is 43.2 Å². The Hall–Kier alpha value is -2.29. The predicted molar refractivity (Wildman–Crippen MR) is 98.0 cm³/mol. The number of carbonyl (C=O) groups excluding carboxylic acids is 1. The molecule has 2 aromatic rings. The molecular formula is C20H26N2O. The Kier molecular flexibility index (Phi) is 6.67. The standard InChI is InChI=1S/C20H26N2O/c1-3-4-5-14-21-18-10-12-19(13-11-18)22-20(23)15-17-8-6-16(2)7-9-17/h6-13,21H,3-5,14-15H2,1-2H3,(H,22,23). The summed E-state index contributed by atoms with van der Waals surface area (Å²) in [5.74, 6) is 0.0116. The fraction of sp³-hybridized carbons (Fsp3) is 0.350. The first-order valence-corrected chi connectivity index (χ1v) is 8.36. The van der Waals surface area contributed by atoms with Crippen molar-refractivity contribution in [2.24, 2.45) is 0 Å². The Morgan fingerprint density at radius 1 is 0.913 bits per heavy atom. The molecule has 0 aliphatic carbocycles. The van der Waals surface area contributed by atoms with Crippen molar-refractivity contribution in [1.82, 2.24) is 0 Å². The maximum absolute atomic E-state index is 12.1. The summed E-state index contributed by atoms with van der Waals surface area (Å²) in [6, 6.07) is 15.9. The van der Waals surface area contributed by atoms with Crippen LogP contribution in [0, 0.1) is 6.92 Å². The Morgan fingerprint density at radius 2 is 1.57 bits per heavy atom. The average Bonchev–Trinajstić information content (AvgIpc) is 2.55. The molecular weight excluding hydrogens is 284 g/mol. The third-order valence-corrected chi connectivity index (χ3v) is 3.76. The van der Waals surface area contributed by atoms with Crippen molar-refractivity contribution in [2.45, 2.75) is 39.5 Å². The molecule has 0 heterocycles. The molecule has 0 saturated carbocycles. The summed E-state index contributed by atoms with van der Waals surface area (Å²) in [5.41, 5.74) is 4.16. The second-order valence-corrected chi connectivity index (χ2v) is 5.92. The molecule has 2 aromatic carbocycles. The lowest BCUT2D eigenvalue weighted by Crippen LogP contribution is -2.14. The van der Waals surface area contributed by atoms with Crippen LogP contribution in [0.15, 0.2) is 48.5 Å². The molecule has 0 unspecified atom stereocenters. The van der Waals surface area contributed by atoms with Gasteiger partial charge in [-0.3, -0.25) is 4.79 Å². The zero-order chi connectivity index (χ0) is 16.5. The Morgan fingerprint density at radius 3 is 2.22 bits per heavy atom. The SMILES string of the molecule is CCCCCNc1ccc(NC(=O)Cc2ccc(C)cc2)cc1. The molecule has 23 heavy (non-hydrogen) atoms. The number of rotatable bonds is 8. The minimum absolute atomic E-state index is 0.0116. The van der Waals surface area contributed by atoms with Gasteiger partial charge in [0.25, 0.3) is 0 Å². The molecule has 122 valence electrons. The van der Waals surface area contributed by atoms with Crippen LogP contribution in [0.25, 0.3) is 0 Å². The highest BCUT2D eigenvalue weighted by Gasteiger charge is 2.04. The number of hydrogen-bond acceptors (Lipinski definition) is 2. The second kappa shape index (κ2) is 8.99. The van der Waals surface area contributed by atoms with Gasteiger partial charge in [0.05, 0.1) is 6.42 Å². The van der Waals surface area contributed by atoms with Gasteiger partial charge in [-0.2, -0.15) is 0 Å². The number of nitrogens with one attached hydrogen (secondary N) is 2. The zero-order valence-electron chi connectivity index (χ0n) is 14.1. The molecule has 0 atom stereocenters. The van der Waals surface area contributed by atoms with E-state index in [4.69, 9.17) is 0 Å². The number of hydrogen-bond donors (Lipinski definition) is 2. The summed E-state index contributed by atoms with van der Waals surface area (Å²) in [7, 11) is 0. The van der Waals surface area contributed by atoms with Gasteiger partial charge < -0.3 is 10.6 Å². The van der Waals surface area contributed by atoms with Gasteiger partial charge in [-0.25, -0.2) is 0 Å². The van der Waals surface area contributed by atoms with Crippen LogP contribution in [0.2, 0.25) is 0 Å². The van der Waals surface area contributed by atoms with E-state index in [-0.39, 0.29) is 5.91 Å². The van der Waals surface area contributed by atoms with Gasteiger partial charge in [0.2, 0.25) is 5.91 Å².